The number of nitrogens with zero attached hydrogens (tertiary/aromatic N) is 1. The van der Waals surface area contributed by atoms with E-state index in [9.17, 15) is 4.79 Å². The number of hydrogen-bond donors (Lipinski definition) is 1. The van der Waals surface area contributed by atoms with Crippen LogP contribution in [0.2, 0.25) is 0 Å². The molecule has 3 nitrogen and oxygen atoms in total. The highest BCUT2D eigenvalue weighted by Gasteiger charge is 2.14. The molecular weight excluding hydrogens is 190 g/mol. The van der Waals surface area contributed by atoms with Crippen LogP contribution in [0, 0.1) is 0 Å². The Kier molecular flexibility index (Phi) is 4.31. The van der Waals surface area contributed by atoms with Crippen molar-refractivity contribution >= 4 is 5.91 Å². The minimum atomic E-state index is -0.421. The summed E-state index contributed by atoms with van der Waals surface area (Å²) in [6, 6.07) is 10.1. The zero-order chi connectivity index (χ0) is 11.3. The molecule has 0 aliphatic rings. The number of amides is 1. The second-order valence-corrected chi connectivity index (χ2v) is 3.70. The lowest BCUT2D eigenvalue weighted by atomic mass is 10.1. The van der Waals surface area contributed by atoms with E-state index in [-0.39, 0.29) is 11.9 Å². The van der Waals surface area contributed by atoms with Crippen molar-refractivity contribution in [2.45, 2.75) is 19.4 Å². The molecule has 1 aromatic carbocycles. The van der Waals surface area contributed by atoms with Gasteiger partial charge in [-0.15, -0.1) is 0 Å². The summed E-state index contributed by atoms with van der Waals surface area (Å²) in [7, 11) is 1.71. The summed E-state index contributed by atoms with van der Waals surface area (Å²) < 4.78 is 0. The van der Waals surface area contributed by atoms with E-state index in [1.807, 2.05) is 37.3 Å². The first kappa shape index (κ1) is 11.7. The summed E-state index contributed by atoms with van der Waals surface area (Å²) in [5.41, 5.74) is 1.20. The van der Waals surface area contributed by atoms with Crippen LogP contribution in [0.15, 0.2) is 30.3 Å². The van der Waals surface area contributed by atoms with Crippen LogP contribution in [-0.2, 0) is 11.2 Å². The van der Waals surface area contributed by atoms with Crippen LogP contribution in [0.25, 0.3) is 0 Å². The number of rotatable bonds is 4. The van der Waals surface area contributed by atoms with Gasteiger partial charge in [-0.2, -0.15) is 0 Å². The van der Waals surface area contributed by atoms with Crippen molar-refractivity contribution in [1.82, 2.24) is 4.90 Å². The van der Waals surface area contributed by atoms with Gasteiger partial charge in [-0.1, -0.05) is 30.3 Å². The first-order chi connectivity index (χ1) is 7.15. The van der Waals surface area contributed by atoms with Crippen LogP contribution in [0.4, 0.5) is 0 Å². The maximum absolute atomic E-state index is 11.2. The first-order valence-electron chi connectivity index (χ1n) is 5.05. The molecule has 1 N–H and O–H groups in total. The standard InChI is InChI=1S/C12H17NO2/c1-10(13(2)12(15)9-14)8-11-6-4-3-5-7-11/h3-7,10,14H,8-9H2,1-2H3. The highest BCUT2D eigenvalue weighted by molar-refractivity contribution is 5.77. The Bertz CT molecular complexity index is 311. The van der Waals surface area contributed by atoms with Gasteiger partial charge in [-0.3, -0.25) is 4.79 Å². The van der Waals surface area contributed by atoms with Gasteiger partial charge in [0.05, 0.1) is 0 Å². The molecule has 0 fully saturated rings. The lowest BCUT2D eigenvalue weighted by Crippen LogP contribution is -2.38. The third-order valence-corrected chi connectivity index (χ3v) is 2.56. The second kappa shape index (κ2) is 5.51. The third-order valence-electron chi connectivity index (χ3n) is 2.56. The molecule has 1 aromatic rings. The molecular formula is C12H17NO2. The van der Waals surface area contributed by atoms with Crippen molar-refractivity contribution in [3.05, 3.63) is 35.9 Å². The fourth-order valence-electron chi connectivity index (χ4n) is 1.45. The normalized spacial score (nSPS) is 12.2. The van der Waals surface area contributed by atoms with E-state index < -0.39 is 6.61 Å². The molecule has 0 heterocycles. The van der Waals surface area contributed by atoms with Crippen molar-refractivity contribution in [2.75, 3.05) is 13.7 Å². The number of benzene rings is 1. The van der Waals surface area contributed by atoms with Crippen molar-refractivity contribution in [2.24, 2.45) is 0 Å². The van der Waals surface area contributed by atoms with Gasteiger partial charge in [0, 0.05) is 13.1 Å². The molecule has 0 radical (unpaired) electrons. The van der Waals surface area contributed by atoms with Crippen molar-refractivity contribution < 1.29 is 9.90 Å². The van der Waals surface area contributed by atoms with E-state index >= 15 is 0 Å². The summed E-state index contributed by atoms with van der Waals surface area (Å²) >= 11 is 0. The number of carbonyl (C=O) groups is 1. The molecule has 1 amide bonds. The Morgan fingerprint density at radius 3 is 2.53 bits per heavy atom. The molecule has 0 aromatic heterocycles. The van der Waals surface area contributed by atoms with Gasteiger partial charge in [0.1, 0.15) is 6.61 Å². The number of hydrogen-bond acceptors (Lipinski definition) is 2. The predicted molar refractivity (Wildman–Crippen MR) is 59.5 cm³/mol. The Morgan fingerprint density at radius 1 is 1.40 bits per heavy atom. The highest BCUT2D eigenvalue weighted by Crippen LogP contribution is 2.07. The molecule has 82 valence electrons. The Labute approximate surface area is 90.3 Å². The summed E-state index contributed by atoms with van der Waals surface area (Å²) in [5.74, 6) is -0.238. The van der Waals surface area contributed by atoms with Gasteiger partial charge in [0.2, 0.25) is 5.91 Å². The minimum Gasteiger partial charge on any atom is -0.387 e. The van der Waals surface area contributed by atoms with Gasteiger partial charge >= 0.3 is 0 Å². The third kappa shape index (κ3) is 3.36. The molecule has 15 heavy (non-hydrogen) atoms. The second-order valence-electron chi connectivity index (χ2n) is 3.70. The molecule has 3 heteroatoms. The molecule has 0 spiro atoms. The van der Waals surface area contributed by atoms with Crippen molar-refractivity contribution in [3.8, 4) is 0 Å². The number of likely N-dealkylation sites (N-methyl/N-ethyl adjacent to an activating group) is 1. The molecule has 1 atom stereocenters. The van der Waals surface area contributed by atoms with Crippen LogP contribution in [0.3, 0.4) is 0 Å². The highest BCUT2D eigenvalue weighted by atomic mass is 16.3. The van der Waals surface area contributed by atoms with Gasteiger partial charge in [-0.25, -0.2) is 0 Å². The van der Waals surface area contributed by atoms with Gasteiger partial charge in [-0.05, 0) is 18.9 Å². The lowest BCUT2D eigenvalue weighted by molar-refractivity contribution is -0.134. The number of aliphatic hydroxyl groups is 1. The topological polar surface area (TPSA) is 40.5 Å². The fraction of sp³-hybridized carbons (Fsp3) is 0.417. The maximum Gasteiger partial charge on any atom is 0.248 e. The quantitative estimate of drug-likeness (QED) is 0.802. The lowest BCUT2D eigenvalue weighted by Gasteiger charge is -2.24. The molecule has 1 unspecified atom stereocenters. The maximum atomic E-state index is 11.2. The number of carbonyl (C=O) groups excluding carboxylic acids is 1. The predicted octanol–water partition coefficient (Wildman–Crippen LogP) is 1.07. The Morgan fingerprint density at radius 2 is 2.00 bits per heavy atom. The van der Waals surface area contributed by atoms with Crippen LogP contribution in [0.1, 0.15) is 12.5 Å². The molecule has 1 rings (SSSR count). The van der Waals surface area contributed by atoms with E-state index in [1.165, 1.54) is 5.56 Å². The average molecular weight is 207 g/mol. The molecule has 0 bridgehead atoms. The monoisotopic (exact) mass is 207 g/mol. The Balaban J connectivity index is 2.56. The zero-order valence-corrected chi connectivity index (χ0v) is 9.18. The minimum absolute atomic E-state index is 0.104. The molecule has 0 aliphatic heterocycles. The van der Waals surface area contributed by atoms with Gasteiger partial charge in [0.25, 0.3) is 0 Å². The van der Waals surface area contributed by atoms with Crippen LogP contribution in [0.5, 0.6) is 0 Å². The van der Waals surface area contributed by atoms with E-state index in [1.54, 1.807) is 11.9 Å². The van der Waals surface area contributed by atoms with Crippen LogP contribution < -0.4 is 0 Å². The molecule has 0 saturated carbocycles. The molecule has 0 aliphatic carbocycles. The van der Waals surface area contributed by atoms with Crippen molar-refractivity contribution in [1.29, 1.82) is 0 Å². The van der Waals surface area contributed by atoms with E-state index in [4.69, 9.17) is 5.11 Å². The summed E-state index contributed by atoms with van der Waals surface area (Å²) in [5, 5.41) is 8.73. The van der Waals surface area contributed by atoms with Gasteiger partial charge in [0.15, 0.2) is 0 Å². The first-order valence-corrected chi connectivity index (χ1v) is 5.05. The smallest absolute Gasteiger partial charge is 0.248 e. The molecule has 0 saturated heterocycles. The van der Waals surface area contributed by atoms with Crippen molar-refractivity contribution in [3.63, 3.8) is 0 Å². The summed E-state index contributed by atoms with van der Waals surface area (Å²) in [6.07, 6.45) is 0.809. The average Bonchev–Trinajstić information content (AvgIpc) is 2.28. The van der Waals surface area contributed by atoms with Crippen LogP contribution >= 0.6 is 0 Å². The van der Waals surface area contributed by atoms with Crippen LogP contribution in [-0.4, -0.2) is 35.6 Å². The fourth-order valence-corrected chi connectivity index (χ4v) is 1.45. The number of aliphatic hydroxyl groups excluding tert-OH is 1. The van der Waals surface area contributed by atoms with E-state index in [0.717, 1.165) is 6.42 Å². The van der Waals surface area contributed by atoms with E-state index in [0.29, 0.717) is 0 Å². The summed E-state index contributed by atoms with van der Waals surface area (Å²) in [6.45, 7) is 1.55. The van der Waals surface area contributed by atoms with Gasteiger partial charge < -0.3 is 10.0 Å². The summed E-state index contributed by atoms with van der Waals surface area (Å²) in [4.78, 5) is 12.8. The largest absolute Gasteiger partial charge is 0.387 e. The Hall–Kier alpha value is -1.35. The SMILES string of the molecule is CC(Cc1ccccc1)N(C)C(=O)CO. The zero-order valence-electron chi connectivity index (χ0n) is 9.18. The van der Waals surface area contributed by atoms with E-state index in [2.05, 4.69) is 0 Å².